The highest BCUT2D eigenvalue weighted by atomic mass is 16.1. The Labute approximate surface area is 256 Å². The third kappa shape index (κ3) is 6.60. The van der Waals surface area contributed by atoms with Crippen molar-refractivity contribution in [1.29, 1.82) is 0 Å². The maximum Gasteiger partial charge on any atom is 0.226 e. The predicted molar refractivity (Wildman–Crippen MR) is 180 cm³/mol. The van der Waals surface area contributed by atoms with Gasteiger partial charge in [0.1, 0.15) is 0 Å². The molecule has 5 aromatic rings. The Morgan fingerprint density at radius 2 is 1.51 bits per heavy atom. The molecule has 1 aliphatic heterocycles. The molecule has 6 rings (SSSR count). The molecule has 220 valence electrons. The molecule has 1 aliphatic rings. The number of nitrogens with one attached hydrogen (secondary N) is 1. The van der Waals surface area contributed by atoms with Gasteiger partial charge in [0.05, 0.1) is 11.2 Å². The molecule has 0 spiro atoms. The van der Waals surface area contributed by atoms with Gasteiger partial charge in [-0.3, -0.25) is 4.79 Å². The van der Waals surface area contributed by atoms with Crippen molar-refractivity contribution in [1.82, 2.24) is 9.47 Å². The number of unbranched alkanes of at least 4 members (excludes halogenated alkanes) is 1. The Morgan fingerprint density at radius 1 is 0.814 bits per heavy atom. The summed E-state index contributed by atoms with van der Waals surface area (Å²) in [5.41, 5.74) is 8.80. The number of amides is 1. The van der Waals surface area contributed by atoms with Crippen LogP contribution >= 0.6 is 0 Å². The van der Waals surface area contributed by atoms with E-state index in [4.69, 9.17) is 0 Å². The number of nitrogens with zero attached hydrogens (tertiary/aromatic N) is 2. The van der Waals surface area contributed by atoms with Gasteiger partial charge in [-0.05, 0) is 105 Å². The number of piperidine rings is 1. The molecule has 43 heavy (non-hydrogen) atoms. The van der Waals surface area contributed by atoms with E-state index in [-0.39, 0.29) is 11.8 Å². The van der Waals surface area contributed by atoms with Gasteiger partial charge in [-0.15, -0.1) is 0 Å². The molecule has 4 aromatic carbocycles. The number of benzene rings is 4. The minimum atomic E-state index is -0.0145. The third-order valence-corrected chi connectivity index (χ3v) is 8.93. The van der Waals surface area contributed by atoms with Crippen molar-refractivity contribution in [3.05, 3.63) is 120 Å². The van der Waals surface area contributed by atoms with Gasteiger partial charge in [-0.25, -0.2) is 0 Å². The number of aryl methyl sites for hydroxylation is 1. The molecule has 1 saturated heterocycles. The smallest absolute Gasteiger partial charge is 0.226 e. The Balaban J connectivity index is 1.11. The molecular formula is C39H43N3O. The number of carbonyl (C=O) groups is 1. The normalized spacial score (nSPS) is 14.4. The van der Waals surface area contributed by atoms with Crippen molar-refractivity contribution in [2.75, 3.05) is 25.0 Å². The van der Waals surface area contributed by atoms with Crippen molar-refractivity contribution in [3.8, 4) is 16.9 Å². The van der Waals surface area contributed by atoms with Crippen LogP contribution in [0.15, 0.2) is 109 Å². The molecular weight excluding hydrogens is 526 g/mol. The summed E-state index contributed by atoms with van der Waals surface area (Å²) in [7, 11) is 0. The average molecular weight is 570 g/mol. The number of aromatic nitrogens is 1. The van der Waals surface area contributed by atoms with Crippen LogP contribution in [0.5, 0.6) is 0 Å². The standard InChI is InChI=1S/C39H43N3O/c1-29(2)39(43)40-33-17-13-16-32(28-33)30-23-26-41(27-24-30)25-12-11-21-36-35-20-9-10-22-37(35)42(34-18-7-4-8-19-34)38(36)31-14-5-3-6-15-31/h3-10,13-20,22,28-30H,11-12,21,23-27H2,1-2H3,(H,40,43). The van der Waals surface area contributed by atoms with Crippen LogP contribution in [0, 0.1) is 5.92 Å². The van der Waals surface area contributed by atoms with Crippen molar-refractivity contribution >= 4 is 22.5 Å². The number of fused-ring (bicyclic) bond motifs is 1. The quantitative estimate of drug-likeness (QED) is 0.170. The van der Waals surface area contributed by atoms with Gasteiger partial charge in [-0.1, -0.05) is 92.7 Å². The number of hydrogen-bond acceptors (Lipinski definition) is 2. The first-order valence-corrected chi connectivity index (χ1v) is 15.9. The molecule has 1 N–H and O–H groups in total. The number of para-hydroxylation sites is 2. The Morgan fingerprint density at radius 3 is 2.26 bits per heavy atom. The van der Waals surface area contributed by atoms with Crippen LogP contribution in [-0.2, 0) is 11.2 Å². The van der Waals surface area contributed by atoms with Gasteiger partial charge in [0, 0.05) is 22.7 Å². The van der Waals surface area contributed by atoms with E-state index in [0.717, 1.165) is 31.7 Å². The molecule has 1 fully saturated rings. The second kappa shape index (κ2) is 13.4. The molecule has 2 heterocycles. The summed E-state index contributed by atoms with van der Waals surface area (Å²) in [5, 5.41) is 4.42. The lowest BCUT2D eigenvalue weighted by atomic mass is 9.89. The average Bonchev–Trinajstić information content (AvgIpc) is 3.38. The van der Waals surface area contributed by atoms with Crippen LogP contribution in [0.3, 0.4) is 0 Å². The third-order valence-electron chi connectivity index (χ3n) is 8.93. The first kappa shape index (κ1) is 28.9. The summed E-state index contributed by atoms with van der Waals surface area (Å²) in [6.45, 7) is 7.28. The molecule has 1 amide bonds. The molecule has 0 bridgehead atoms. The van der Waals surface area contributed by atoms with E-state index in [1.54, 1.807) is 0 Å². The van der Waals surface area contributed by atoms with Crippen molar-refractivity contribution in [3.63, 3.8) is 0 Å². The molecule has 0 unspecified atom stereocenters. The fourth-order valence-corrected chi connectivity index (χ4v) is 6.59. The van der Waals surface area contributed by atoms with E-state index in [1.807, 2.05) is 19.9 Å². The maximum atomic E-state index is 12.2. The monoisotopic (exact) mass is 569 g/mol. The van der Waals surface area contributed by atoms with Crippen molar-refractivity contribution < 1.29 is 4.79 Å². The summed E-state index contributed by atoms with van der Waals surface area (Å²) in [6.07, 6.45) is 5.77. The molecule has 0 atom stereocenters. The van der Waals surface area contributed by atoms with Crippen LogP contribution in [0.1, 0.15) is 56.6 Å². The van der Waals surface area contributed by atoms with E-state index in [2.05, 4.69) is 118 Å². The van der Waals surface area contributed by atoms with Gasteiger partial charge >= 0.3 is 0 Å². The van der Waals surface area contributed by atoms with E-state index >= 15 is 0 Å². The minimum absolute atomic E-state index is 0.0145. The zero-order valence-corrected chi connectivity index (χ0v) is 25.5. The van der Waals surface area contributed by atoms with E-state index in [9.17, 15) is 4.79 Å². The summed E-state index contributed by atoms with van der Waals surface area (Å²) < 4.78 is 2.45. The molecule has 4 heteroatoms. The molecule has 0 radical (unpaired) electrons. The summed E-state index contributed by atoms with van der Waals surface area (Å²) in [5.74, 6) is 0.622. The molecule has 4 nitrogen and oxygen atoms in total. The molecule has 1 aromatic heterocycles. The second-order valence-corrected chi connectivity index (χ2v) is 12.2. The van der Waals surface area contributed by atoms with Gasteiger partial charge in [0.15, 0.2) is 0 Å². The van der Waals surface area contributed by atoms with Gasteiger partial charge in [0.25, 0.3) is 0 Å². The second-order valence-electron chi connectivity index (χ2n) is 12.2. The fourth-order valence-electron chi connectivity index (χ4n) is 6.59. The topological polar surface area (TPSA) is 37.3 Å². The fraction of sp³-hybridized carbons (Fsp3) is 0.308. The number of hydrogen-bond donors (Lipinski definition) is 1. The highest BCUT2D eigenvalue weighted by Gasteiger charge is 2.22. The highest BCUT2D eigenvalue weighted by Crippen LogP contribution is 2.37. The lowest BCUT2D eigenvalue weighted by molar-refractivity contribution is -0.118. The Bertz CT molecular complexity index is 1650. The van der Waals surface area contributed by atoms with Crippen molar-refractivity contribution in [2.24, 2.45) is 5.92 Å². The summed E-state index contributed by atoms with van der Waals surface area (Å²) in [6, 6.07) is 39.0. The van der Waals surface area contributed by atoms with Crippen molar-refractivity contribution in [2.45, 2.75) is 51.9 Å². The Kier molecular flexibility index (Phi) is 9.04. The van der Waals surface area contributed by atoms with E-state index in [1.165, 1.54) is 64.7 Å². The van der Waals surface area contributed by atoms with Crippen LogP contribution in [0.25, 0.3) is 27.8 Å². The lowest BCUT2D eigenvalue weighted by Crippen LogP contribution is -2.33. The summed E-state index contributed by atoms with van der Waals surface area (Å²) in [4.78, 5) is 14.8. The minimum Gasteiger partial charge on any atom is -0.326 e. The van der Waals surface area contributed by atoms with Gasteiger partial charge < -0.3 is 14.8 Å². The largest absolute Gasteiger partial charge is 0.326 e. The molecule has 0 saturated carbocycles. The number of anilines is 1. The highest BCUT2D eigenvalue weighted by molar-refractivity contribution is 5.94. The first-order valence-electron chi connectivity index (χ1n) is 15.9. The van der Waals surface area contributed by atoms with E-state index in [0.29, 0.717) is 5.92 Å². The van der Waals surface area contributed by atoms with Crippen LogP contribution < -0.4 is 5.32 Å². The molecule has 0 aliphatic carbocycles. The number of likely N-dealkylation sites (tertiary alicyclic amines) is 1. The van der Waals surface area contributed by atoms with Crippen LogP contribution in [-0.4, -0.2) is 35.0 Å². The maximum absolute atomic E-state index is 12.2. The van der Waals surface area contributed by atoms with Crippen LogP contribution in [0.2, 0.25) is 0 Å². The summed E-state index contributed by atoms with van der Waals surface area (Å²) >= 11 is 0. The Hall–Kier alpha value is -4.15. The van der Waals surface area contributed by atoms with Crippen LogP contribution in [0.4, 0.5) is 5.69 Å². The number of rotatable bonds is 10. The zero-order chi connectivity index (χ0) is 29.6. The SMILES string of the molecule is CC(C)C(=O)Nc1cccc(C2CCN(CCCCc3c(-c4ccccc4)n(-c4ccccc4)c4ccccc34)CC2)c1. The number of carbonyl (C=O) groups excluding carboxylic acids is 1. The van der Waals surface area contributed by atoms with E-state index < -0.39 is 0 Å². The predicted octanol–water partition coefficient (Wildman–Crippen LogP) is 9.09. The lowest BCUT2D eigenvalue weighted by Gasteiger charge is -2.32. The zero-order valence-electron chi connectivity index (χ0n) is 25.5. The van der Waals surface area contributed by atoms with Gasteiger partial charge in [-0.2, -0.15) is 0 Å². The van der Waals surface area contributed by atoms with Gasteiger partial charge in [0.2, 0.25) is 5.91 Å². The first-order chi connectivity index (χ1) is 21.1.